The molecule has 1 aliphatic rings. The molecule has 0 atom stereocenters. The highest BCUT2D eigenvalue weighted by Crippen LogP contribution is 2.35. The van der Waals surface area contributed by atoms with Crippen LogP contribution in [-0.2, 0) is 0 Å². The quantitative estimate of drug-likeness (QED) is 0.439. The van der Waals surface area contributed by atoms with Gasteiger partial charge in [0.25, 0.3) is 0 Å². The zero-order chi connectivity index (χ0) is 21.0. The molecular weight excluding hydrogens is 350 g/mol. The Morgan fingerprint density at radius 2 is 1.00 bits per heavy atom. The minimum Gasteiger partial charge on any atom is -0.311 e. The lowest BCUT2D eigenvalue weighted by atomic mass is 9.85. The zero-order valence-electron chi connectivity index (χ0n) is 18.1. The van der Waals surface area contributed by atoms with Crippen LogP contribution in [0.3, 0.4) is 0 Å². The Kier molecular flexibility index (Phi) is 8.98. The van der Waals surface area contributed by atoms with Gasteiger partial charge in [-0.3, -0.25) is 0 Å². The second kappa shape index (κ2) is 11.7. The zero-order valence-corrected chi connectivity index (χ0v) is 18.1. The van der Waals surface area contributed by atoms with E-state index < -0.39 is 0 Å². The minimum absolute atomic E-state index is 0.253. The topological polar surface area (TPSA) is 3.24 Å². The number of anilines is 2. The highest BCUT2D eigenvalue weighted by Gasteiger charge is 2.20. The SMILES string of the molecule is CC.CC1(C)C=CC(N(c2ccccc2)c2ccccc2)=CC1.c1ccccc1. The van der Waals surface area contributed by atoms with Gasteiger partial charge in [-0.2, -0.15) is 0 Å². The smallest absolute Gasteiger partial charge is 0.0461 e. The van der Waals surface area contributed by atoms with E-state index in [1.165, 1.54) is 17.1 Å². The Bertz CT molecular complexity index is 796. The summed E-state index contributed by atoms with van der Waals surface area (Å²) in [5.41, 5.74) is 3.88. The van der Waals surface area contributed by atoms with Gasteiger partial charge in [-0.25, -0.2) is 0 Å². The van der Waals surface area contributed by atoms with Crippen molar-refractivity contribution in [2.24, 2.45) is 5.41 Å². The largest absolute Gasteiger partial charge is 0.311 e. The normalized spacial score (nSPS) is 13.7. The molecule has 3 aromatic rings. The fourth-order valence-corrected chi connectivity index (χ4v) is 2.97. The van der Waals surface area contributed by atoms with E-state index in [4.69, 9.17) is 0 Å². The summed E-state index contributed by atoms with van der Waals surface area (Å²) >= 11 is 0. The molecule has 29 heavy (non-hydrogen) atoms. The second-order valence-corrected chi connectivity index (χ2v) is 7.32. The van der Waals surface area contributed by atoms with E-state index in [0.717, 1.165) is 6.42 Å². The molecule has 1 heteroatoms. The molecule has 150 valence electrons. The monoisotopic (exact) mass is 383 g/mol. The first kappa shape index (κ1) is 22.2. The van der Waals surface area contributed by atoms with Crippen LogP contribution in [0.4, 0.5) is 11.4 Å². The Labute approximate surface area is 177 Å². The van der Waals surface area contributed by atoms with Gasteiger partial charge in [0.1, 0.15) is 0 Å². The van der Waals surface area contributed by atoms with Crippen LogP contribution in [0.25, 0.3) is 0 Å². The molecule has 0 aromatic heterocycles. The maximum atomic E-state index is 2.33. The predicted octanol–water partition coefficient (Wildman–Crippen LogP) is 8.41. The Morgan fingerprint density at radius 3 is 1.34 bits per heavy atom. The highest BCUT2D eigenvalue weighted by molar-refractivity contribution is 5.70. The molecule has 0 spiro atoms. The van der Waals surface area contributed by atoms with Crippen molar-refractivity contribution in [3.05, 3.63) is 121 Å². The van der Waals surface area contributed by atoms with Crippen molar-refractivity contribution in [3.63, 3.8) is 0 Å². The van der Waals surface area contributed by atoms with Gasteiger partial charge in [0, 0.05) is 17.1 Å². The maximum absolute atomic E-state index is 2.33. The standard InChI is InChI=1S/C20H21N.C6H6.C2H6/c1-20(2)15-13-19(14-16-20)21(17-9-5-3-6-10-17)18-11-7-4-8-12-18;1-2-4-6-5-3-1;1-2/h3-15H,16H2,1-2H3;1-6H;1-2H3. The summed E-state index contributed by atoms with van der Waals surface area (Å²) in [5, 5.41) is 0. The summed E-state index contributed by atoms with van der Waals surface area (Å²) in [4.78, 5) is 2.31. The van der Waals surface area contributed by atoms with Gasteiger partial charge in [0.2, 0.25) is 0 Å². The highest BCUT2D eigenvalue weighted by atomic mass is 15.1. The molecule has 0 saturated heterocycles. The lowest BCUT2D eigenvalue weighted by molar-refractivity contribution is 0.481. The molecule has 0 unspecified atom stereocenters. The van der Waals surface area contributed by atoms with Gasteiger partial charge in [-0.05, 0) is 42.2 Å². The van der Waals surface area contributed by atoms with E-state index in [2.05, 4.69) is 97.6 Å². The van der Waals surface area contributed by atoms with Crippen molar-refractivity contribution in [2.45, 2.75) is 34.1 Å². The summed E-state index contributed by atoms with van der Waals surface area (Å²) in [5.74, 6) is 0. The molecule has 0 saturated carbocycles. The van der Waals surface area contributed by atoms with Gasteiger partial charge in [0.05, 0.1) is 0 Å². The van der Waals surface area contributed by atoms with Crippen LogP contribution in [0.5, 0.6) is 0 Å². The average Bonchev–Trinajstić information content (AvgIpc) is 2.80. The van der Waals surface area contributed by atoms with E-state index in [1.807, 2.05) is 50.2 Å². The van der Waals surface area contributed by atoms with Crippen LogP contribution < -0.4 is 4.90 Å². The molecule has 4 rings (SSSR count). The molecule has 0 bridgehead atoms. The van der Waals surface area contributed by atoms with E-state index in [0.29, 0.717) is 0 Å². The first-order chi connectivity index (χ1) is 14.2. The van der Waals surface area contributed by atoms with Crippen molar-refractivity contribution in [2.75, 3.05) is 4.90 Å². The van der Waals surface area contributed by atoms with Gasteiger partial charge in [-0.15, -0.1) is 0 Å². The van der Waals surface area contributed by atoms with E-state index in [9.17, 15) is 0 Å². The number of benzene rings is 3. The van der Waals surface area contributed by atoms with Gasteiger partial charge >= 0.3 is 0 Å². The average molecular weight is 384 g/mol. The first-order valence-electron chi connectivity index (χ1n) is 10.5. The number of rotatable bonds is 3. The van der Waals surface area contributed by atoms with Crippen molar-refractivity contribution < 1.29 is 0 Å². The molecule has 0 amide bonds. The van der Waals surface area contributed by atoms with Crippen molar-refractivity contribution in [1.82, 2.24) is 0 Å². The lowest BCUT2D eigenvalue weighted by Gasteiger charge is -2.31. The van der Waals surface area contributed by atoms with Crippen molar-refractivity contribution >= 4 is 11.4 Å². The van der Waals surface area contributed by atoms with Crippen LogP contribution in [-0.4, -0.2) is 0 Å². The van der Waals surface area contributed by atoms with Crippen molar-refractivity contribution in [3.8, 4) is 0 Å². The molecule has 0 aliphatic heterocycles. The number of para-hydroxylation sites is 2. The number of allylic oxidation sites excluding steroid dienone is 3. The number of hydrogen-bond donors (Lipinski definition) is 0. The predicted molar refractivity (Wildman–Crippen MR) is 128 cm³/mol. The molecule has 0 N–H and O–H groups in total. The molecular formula is C28H33N. The fraction of sp³-hybridized carbons (Fsp3) is 0.214. The number of hydrogen-bond acceptors (Lipinski definition) is 1. The van der Waals surface area contributed by atoms with Gasteiger partial charge < -0.3 is 4.90 Å². The molecule has 1 aliphatic carbocycles. The van der Waals surface area contributed by atoms with E-state index >= 15 is 0 Å². The lowest BCUT2D eigenvalue weighted by Crippen LogP contribution is -2.19. The Morgan fingerprint density at radius 1 is 0.621 bits per heavy atom. The van der Waals surface area contributed by atoms with Crippen LogP contribution in [0.15, 0.2) is 121 Å². The van der Waals surface area contributed by atoms with Crippen molar-refractivity contribution in [1.29, 1.82) is 0 Å². The van der Waals surface area contributed by atoms with Gasteiger partial charge in [-0.1, -0.05) is 113 Å². The third-order valence-electron chi connectivity index (χ3n) is 4.50. The number of nitrogens with zero attached hydrogens (tertiary/aromatic N) is 1. The molecule has 1 nitrogen and oxygen atoms in total. The van der Waals surface area contributed by atoms with Crippen LogP contribution in [0, 0.1) is 5.41 Å². The third kappa shape index (κ3) is 7.12. The van der Waals surface area contributed by atoms with E-state index in [1.54, 1.807) is 0 Å². The summed E-state index contributed by atoms with van der Waals surface area (Å²) in [6, 6.07) is 33.1. The Hall–Kier alpha value is -3.06. The molecule has 3 aromatic carbocycles. The van der Waals surface area contributed by atoms with Crippen LogP contribution >= 0.6 is 0 Å². The van der Waals surface area contributed by atoms with Crippen LogP contribution in [0.2, 0.25) is 0 Å². The first-order valence-corrected chi connectivity index (χ1v) is 10.5. The summed E-state index contributed by atoms with van der Waals surface area (Å²) in [7, 11) is 0. The van der Waals surface area contributed by atoms with Crippen LogP contribution in [0.1, 0.15) is 34.1 Å². The Balaban J connectivity index is 0.000000317. The molecule has 0 heterocycles. The maximum Gasteiger partial charge on any atom is 0.0461 e. The summed E-state index contributed by atoms with van der Waals surface area (Å²) in [6.07, 6.45) is 7.94. The second-order valence-electron chi connectivity index (χ2n) is 7.32. The summed E-state index contributed by atoms with van der Waals surface area (Å²) < 4.78 is 0. The molecule has 0 fully saturated rings. The third-order valence-corrected chi connectivity index (χ3v) is 4.50. The molecule has 0 radical (unpaired) electrons. The minimum atomic E-state index is 0.253. The van der Waals surface area contributed by atoms with Gasteiger partial charge in [0.15, 0.2) is 0 Å². The summed E-state index contributed by atoms with van der Waals surface area (Å²) in [6.45, 7) is 8.54. The van der Waals surface area contributed by atoms with E-state index in [-0.39, 0.29) is 5.41 Å². The fourth-order valence-electron chi connectivity index (χ4n) is 2.97.